The standard InChI is InChI=1S/C19H14N6O3S2/c20-17(27)16(26)13(8-10-9-29-19-11(10)4-3-7-22-19)23-18(28)15-14(24-30-25-15)12-5-1-2-6-21-12/h1-7,9,13H,8H2,(H2,20,27)(H,23,28). The van der Waals surface area contributed by atoms with Crippen molar-refractivity contribution in [1.29, 1.82) is 0 Å². The van der Waals surface area contributed by atoms with Gasteiger partial charge in [-0.15, -0.1) is 11.3 Å². The molecule has 30 heavy (non-hydrogen) atoms. The van der Waals surface area contributed by atoms with Gasteiger partial charge >= 0.3 is 0 Å². The van der Waals surface area contributed by atoms with E-state index in [0.717, 1.165) is 27.5 Å². The molecule has 0 fully saturated rings. The van der Waals surface area contributed by atoms with Gasteiger partial charge in [-0.1, -0.05) is 12.1 Å². The van der Waals surface area contributed by atoms with Crippen LogP contribution >= 0.6 is 23.1 Å². The second-order valence-electron chi connectivity index (χ2n) is 6.25. The van der Waals surface area contributed by atoms with Gasteiger partial charge in [-0.05, 0) is 29.1 Å². The first kappa shape index (κ1) is 19.7. The fourth-order valence-corrected chi connectivity index (χ4v) is 4.39. The average molecular weight is 438 g/mol. The Bertz CT molecular complexity index is 1240. The van der Waals surface area contributed by atoms with Gasteiger partial charge in [-0.3, -0.25) is 19.4 Å². The van der Waals surface area contributed by atoms with Gasteiger partial charge in [0.15, 0.2) is 5.69 Å². The third-order valence-corrected chi connectivity index (χ3v) is 5.81. The first-order valence-corrected chi connectivity index (χ1v) is 10.3. The van der Waals surface area contributed by atoms with Crippen LogP contribution in [0.15, 0.2) is 48.1 Å². The van der Waals surface area contributed by atoms with Crippen molar-refractivity contribution < 1.29 is 14.4 Å². The summed E-state index contributed by atoms with van der Waals surface area (Å²) in [5, 5.41) is 5.28. The van der Waals surface area contributed by atoms with E-state index in [9.17, 15) is 14.4 Å². The van der Waals surface area contributed by atoms with Crippen molar-refractivity contribution in [2.75, 3.05) is 0 Å². The fraction of sp³-hybridized carbons (Fsp3) is 0.105. The Labute approximate surface area is 178 Å². The van der Waals surface area contributed by atoms with Gasteiger partial charge in [-0.2, -0.15) is 8.75 Å². The first-order chi connectivity index (χ1) is 14.5. The summed E-state index contributed by atoms with van der Waals surface area (Å²) in [4.78, 5) is 46.1. The van der Waals surface area contributed by atoms with Crippen LogP contribution in [0, 0.1) is 0 Å². The molecule has 4 aromatic rings. The van der Waals surface area contributed by atoms with Crippen LogP contribution in [0.1, 0.15) is 16.1 Å². The van der Waals surface area contributed by atoms with Crippen LogP contribution in [0.2, 0.25) is 0 Å². The molecule has 0 bridgehead atoms. The van der Waals surface area contributed by atoms with Crippen molar-refractivity contribution in [3.8, 4) is 11.4 Å². The van der Waals surface area contributed by atoms with Gasteiger partial charge in [0.1, 0.15) is 16.6 Å². The lowest BCUT2D eigenvalue weighted by Gasteiger charge is -2.15. The molecule has 0 saturated carbocycles. The lowest BCUT2D eigenvalue weighted by Crippen LogP contribution is -2.47. The smallest absolute Gasteiger partial charge is 0.287 e. The predicted molar refractivity (Wildman–Crippen MR) is 112 cm³/mol. The van der Waals surface area contributed by atoms with Gasteiger partial charge < -0.3 is 11.1 Å². The SMILES string of the molecule is NC(=O)C(=O)C(Cc1csc2ncccc12)NC(=O)c1nsnc1-c1ccccn1. The minimum atomic E-state index is -1.15. The number of Topliss-reactive ketones (excluding diaryl/α,β-unsaturated/α-hetero) is 1. The van der Waals surface area contributed by atoms with Crippen LogP contribution in [0.4, 0.5) is 0 Å². The highest BCUT2D eigenvalue weighted by atomic mass is 32.1. The highest BCUT2D eigenvalue weighted by molar-refractivity contribution is 7.16. The van der Waals surface area contributed by atoms with E-state index >= 15 is 0 Å². The number of ketones is 1. The molecule has 4 aromatic heterocycles. The minimum Gasteiger partial charge on any atom is -0.363 e. The van der Waals surface area contributed by atoms with Crippen molar-refractivity contribution in [3.05, 3.63) is 59.4 Å². The van der Waals surface area contributed by atoms with E-state index in [-0.39, 0.29) is 12.1 Å². The minimum absolute atomic E-state index is 0.0258. The molecule has 0 aliphatic carbocycles. The maximum atomic E-state index is 12.9. The van der Waals surface area contributed by atoms with E-state index in [0.29, 0.717) is 11.4 Å². The number of aromatic nitrogens is 4. The highest BCUT2D eigenvalue weighted by Gasteiger charge is 2.29. The second-order valence-corrected chi connectivity index (χ2v) is 7.64. The monoisotopic (exact) mass is 438 g/mol. The molecule has 0 aromatic carbocycles. The van der Waals surface area contributed by atoms with Gasteiger partial charge in [0.25, 0.3) is 11.8 Å². The third kappa shape index (κ3) is 3.93. The summed E-state index contributed by atoms with van der Waals surface area (Å²) in [6, 6.07) is 7.70. The molecule has 4 rings (SSSR count). The van der Waals surface area contributed by atoms with Gasteiger partial charge in [0.2, 0.25) is 5.78 Å². The van der Waals surface area contributed by atoms with Gasteiger partial charge in [0.05, 0.1) is 17.4 Å². The van der Waals surface area contributed by atoms with Crippen LogP contribution in [0.3, 0.4) is 0 Å². The number of pyridine rings is 2. The lowest BCUT2D eigenvalue weighted by atomic mass is 10.0. The van der Waals surface area contributed by atoms with Crippen molar-refractivity contribution in [2.45, 2.75) is 12.5 Å². The van der Waals surface area contributed by atoms with Crippen LogP contribution in [-0.2, 0) is 16.0 Å². The molecule has 0 aliphatic rings. The zero-order valence-electron chi connectivity index (χ0n) is 15.3. The molecule has 9 nitrogen and oxygen atoms in total. The zero-order valence-corrected chi connectivity index (χ0v) is 16.9. The fourth-order valence-electron chi connectivity index (χ4n) is 2.91. The number of amides is 2. The number of thiophene rings is 1. The molecule has 1 atom stereocenters. The number of carbonyl (C=O) groups excluding carboxylic acids is 3. The number of carbonyl (C=O) groups is 3. The predicted octanol–water partition coefficient (Wildman–Crippen LogP) is 1.61. The molecule has 1 unspecified atom stereocenters. The number of rotatable bonds is 7. The molecule has 0 radical (unpaired) electrons. The molecule has 0 spiro atoms. The van der Waals surface area contributed by atoms with Crippen molar-refractivity contribution in [2.24, 2.45) is 5.73 Å². The first-order valence-electron chi connectivity index (χ1n) is 8.74. The molecular weight excluding hydrogens is 424 g/mol. The number of fused-ring (bicyclic) bond motifs is 1. The van der Waals surface area contributed by atoms with Crippen LogP contribution in [0.5, 0.6) is 0 Å². The Morgan fingerprint density at radius 3 is 2.67 bits per heavy atom. The van der Waals surface area contributed by atoms with E-state index in [1.165, 1.54) is 11.3 Å². The number of primary amides is 1. The molecule has 0 aliphatic heterocycles. The van der Waals surface area contributed by atoms with E-state index in [2.05, 4.69) is 24.0 Å². The molecule has 4 heterocycles. The van der Waals surface area contributed by atoms with Gasteiger partial charge in [-0.25, -0.2) is 4.98 Å². The summed E-state index contributed by atoms with van der Waals surface area (Å²) >= 11 is 2.27. The maximum absolute atomic E-state index is 12.9. The number of hydrogen-bond donors (Lipinski definition) is 2. The number of nitrogens with two attached hydrogens (primary N) is 1. The van der Waals surface area contributed by atoms with Crippen LogP contribution in [0.25, 0.3) is 21.6 Å². The topological polar surface area (TPSA) is 141 Å². The molecule has 2 amide bonds. The van der Waals surface area contributed by atoms with Crippen molar-refractivity contribution in [3.63, 3.8) is 0 Å². The quantitative estimate of drug-likeness (QED) is 0.418. The van der Waals surface area contributed by atoms with Crippen LogP contribution < -0.4 is 11.1 Å². The molecule has 11 heteroatoms. The second kappa shape index (κ2) is 8.43. The normalized spacial score (nSPS) is 11.9. The Morgan fingerprint density at radius 1 is 1.07 bits per heavy atom. The highest BCUT2D eigenvalue weighted by Crippen LogP contribution is 2.25. The Kier molecular flexibility index (Phi) is 5.55. The van der Waals surface area contributed by atoms with E-state index in [4.69, 9.17) is 5.73 Å². The van der Waals surface area contributed by atoms with Crippen LogP contribution in [-0.4, -0.2) is 42.4 Å². The Hall–Kier alpha value is -3.57. The summed E-state index contributed by atoms with van der Waals surface area (Å²) < 4.78 is 8.18. The third-order valence-electron chi connectivity index (χ3n) is 4.33. The van der Waals surface area contributed by atoms with Gasteiger partial charge in [0, 0.05) is 24.2 Å². The summed E-state index contributed by atoms with van der Waals surface area (Å²) in [6.45, 7) is 0. The summed E-state index contributed by atoms with van der Waals surface area (Å²) in [7, 11) is 0. The summed E-state index contributed by atoms with van der Waals surface area (Å²) in [5.74, 6) is -2.66. The number of hydrogen-bond acceptors (Lipinski definition) is 9. The zero-order chi connectivity index (χ0) is 21.1. The molecule has 0 saturated heterocycles. The molecular formula is C19H14N6O3S2. The van der Waals surface area contributed by atoms with E-state index in [1.54, 1.807) is 36.7 Å². The summed E-state index contributed by atoms with van der Waals surface area (Å²) in [6.07, 6.45) is 3.34. The van der Waals surface area contributed by atoms with Crippen molar-refractivity contribution >= 4 is 50.9 Å². The van der Waals surface area contributed by atoms with E-state index in [1.807, 2.05) is 11.4 Å². The Morgan fingerprint density at radius 2 is 1.90 bits per heavy atom. The summed E-state index contributed by atoms with van der Waals surface area (Å²) in [5.41, 5.74) is 6.79. The molecule has 150 valence electrons. The largest absolute Gasteiger partial charge is 0.363 e. The number of nitrogens with one attached hydrogen (secondary N) is 1. The molecule has 3 N–H and O–H groups in total. The van der Waals surface area contributed by atoms with E-state index < -0.39 is 23.6 Å². The maximum Gasteiger partial charge on any atom is 0.287 e. The number of nitrogens with zero attached hydrogens (tertiary/aromatic N) is 4. The van der Waals surface area contributed by atoms with Crippen molar-refractivity contribution in [1.82, 2.24) is 24.0 Å². The average Bonchev–Trinajstić information content (AvgIpc) is 3.41. The lowest BCUT2D eigenvalue weighted by molar-refractivity contribution is -0.137. The Balaban J connectivity index is 1.62.